The van der Waals surface area contributed by atoms with Crippen LogP contribution in [0.3, 0.4) is 0 Å². The van der Waals surface area contributed by atoms with Crippen LogP contribution >= 0.6 is 39.3 Å². The average molecular weight is 552 g/mol. The van der Waals surface area contributed by atoms with E-state index in [1.54, 1.807) is 50.1 Å². The molecule has 0 bridgehead atoms. The summed E-state index contributed by atoms with van der Waals surface area (Å²) in [5.74, 6) is 1.03. The second-order valence-corrected chi connectivity index (χ2v) is 10.8. The van der Waals surface area contributed by atoms with Gasteiger partial charge in [0.05, 0.1) is 17.9 Å². The highest BCUT2D eigenvalue weighted by molar-refractivity contribution is 9.10. The molecule has 2 aromatic rings. The Bertz CT molecular complexity index is 1030. The maximum Gasteiger partial charge on any atom is 0.353 e. The van der Waals surface area contributed by atoms with Gasteiger partial charge < -0.3 is 4.90 Å². The lowest BCUT2D eigenvalue weighted by molar-refractivity contribution is 0.192. The Morgan fingerprint density at radius 3 is 2.36 bits per heavy atom. The maximum absolute atomic E-state index is 13.7. The lowest BCUT2D eigenvalue weighted by Crippen LogP contribution is -2.49. The smallest absolute Gasteiger partial charge is 0.330 e. The van der Waals surface area contributed by atoms with Gasteiger partial charge >= 0.3 is 12.1 Å². The van der Waals surface area contributed by atoms with Crippen molar-refractivity contribution in [2.45, 2.75) is 19.8 Å². The van der Waals surface area contributed by atoms with Crippen molar-refractivity contribution in [3.8, 4) is 0 Å². The molecule has 0 saturated carbocycles. The molecule has 33 heavy (non-hydrogen) atoms. The number of imide groups is 1. The number of urea groups is 2. The van der Waals surface area contributed by atoms with Gasteiger partial charge in [-0.3, -0.25) is 0 Å². The summed E-state index contributed by atoms with van der Waals surface area (Å²) >= 11 is 11.3. The van der Waals surface area contributed by atoms with Crippen molar-refractivity contribution >= 4 is 62.8 Å². The van der Waals surface area contributed by atoms with E-state index in [1.165, 1.54) is 14.8 Å². The van der Waals surface area contributed by atoms with Gasteiger partial charge in [-0.1, -0.05) is 46.6 Å². The van der Waals surface area contributed by atoms with Crippen molar-refractivity contribution in [1.29, 1.82) is 0 Å². The van der Waals surface area contributed by atoms with Gasteiger partial charge in [0.25, 0.3) is 0 Å². The van der Waals surface area contributed by atoms with Crippen molar-refractivity contribution in [3.05, 3.63) is 63.6 Å². The predicted molar refractivity (Wildman–Crippen MR) is 142 cm³/mol. The number of benzene rings is 2. The largest absolute Gasteiger partial charge is 0.353 e. The van der Waals surface area contributed by atoms with Crippen LogP contribution in [-0.4, -0.2) is 60.3 Å². The molecule has 0 saturated heterocycles. The SMILES string of the molecule is CSCCCC1(C)CN(C(=O)N(C(=O)N(C)C)c2ccc(Br)cc2)N=C1c1ccc(Cl)cc1. The standard InChI is InChI=1S/C24H28BrClN4O2S/c1-24(14-5-15-33-4)16-29(27-21(24)17-6-10-19(26)11-7-17)23(32)30(22(31)28(2)3)20-12-8-18(25)9-13-20/h6-13H,5,14-16H2,1-4H3. The minimum atomic E-state index is -0.476. The van der Waals surface area contributed by atoms with E-state index in [2.05, 4.69) is 29.1 Å². The Morgan fingerprint density at radius 2 is 1.79 bits per heavy atom. The first-order valence-corrected chi connectivity index (χ1v) is 13.2. The highest BCUT2D eigenvalue weighted by Gasteiger charge is 2.43. The number of thioether (sulfide) groups is 1. The second kappa shape index (κ2) is 10.9. The zero-order valence-electron chi connectivity index (χ0n) is 19.2. The summed E-state index contributed by atoms with van der Waals surface area (Å²) in [4.78, 5) is 29.3. The van der Waals surface area contributed by atoms with Crippen molar-refractivity contribution in [2.75, 3.05) is 37.5 Å². The number of hydrazone groups is 1. The fourth-order valence-corrected chi connectivity index (χ4v) is 4.64. The van der Waals surface area contributed by atoms with Crippen molar-refractivity contribution in [2.24, 2.45) is 10.5 Å². The monoisotopic (exact) mass is 550 g/mol. The summed E-state index contributed by atoms with van der Waals surface area (Å²) in [7, 11) is 3.25. The highest BCUT2D eigenvalue weighted by Crippen LogP contribution is 2.37. The Kier molecular flexibility index (Phi) is 8.48. The zero-order chi connectivity index (χ0) is 24.2. The Morgan fingerprint density at radius 1 is 1.15 bits per heavy atom. The molecule has 1 aliphatic rings. The van der Waals surface area contributed by atoms with E-state index in [-0.39, 0.29) is 5.41 Å². The highest BCUT2D eigenvalue weighted by atomic mass is 79.9. The first-order valence-electron chi connectivity index (χ1n) is 10.6. The third-order valence-corrected chi connectivity index (χ3v) is 7.03. The number of halogens is 2. The van der Waals surface area contributed by atoms with Crippen molar-refractivity contribution in [1.82, 2.24) is 9.91 Å². The van der Waals surface area contributed by atoms with Crippen LogP contribution in [0.15, 0.2) is 58.1 Å². The van der Waals surface area contributed by atoms with Gasteiger partial charge in [-0.2, -0.15) is 16.9 Å². The van der Waals surface area contributed by atoms with E-state index in [0.717, 1.165) is 34.3 Å². The summed E-state index contributed by atoms with van der Waals surface area (Å²) in [6, 6.07) is 13.7. The van der Waals surface area contributed by atoms with Crippen LogP contribution < -0.4 is 4.90 Å². The van der Waals surface area contributed by atoms with Gasteiger partial charge in [0.15, 0.2) is 0 Å². The van der Waals surface area contributed by atoms with E-state index in [0.29, 0.717) is 17.3 Å². The fourth-order valence-electron chi connectivity index (χ4n) is 3.82. The molecule has 9 heteroatoms. The molecule has 1 unspecified atom stereocenters. The van der Waals surface area contributed by atoms with Crippen molar-refractivity contribution in [3.63, 3.8) is 0 Å². The fraction of sp³-hybridized carbons (Fsp3) is 0.375. The molecular weight excluding hydrogens is 524 g/mol. The number of nitrogens with zero attached hydrogens (tertiary/aromatic N) is 4. The topological polar surface area (TPSA) is 56.2 Å². The summed E-state index contributed by atoms with van der Waals surface area (Å²) in [6.45, 7) is 2.53. The van der Waals surface area contributed by atoms with Crippen LogP contribution in [-0.2, 0) is 0 Å². The number of hydrogen-bond donors (Lipinski definition) is 0. The van der Waals surface area contributed by atoms with Crippen LogP contribution in [0.2, 0.25) is 5.02 Å². The summed E-state index contributed by atoms with van der Waals surface area (Å²) in [5, 5.41) is 6.82. The first kappa shape index (κ1) is 25.6. The summed E-state index contributed by atoms with van der Waals surface area (Å²) in [6.07, 6.45) is 3.96. The number of amides is 4. The number of anilines is 1. The van der Waals surface area contributed by atoms with Gasteiger partial charge in [-0.05, 0) is 66.8 Å². The van der Waals surface area contributed by atoms with Gasteiger partial charge in [0.2, 0.25) is 0 Å². The molecule has 1 aliphatic heterocycles. The van der Waals surface area contributed by atoms with E-state index in [4.69, 9.17) is 16.7 Å². The lowest BCUT2D eigenvalue weighted by atomic mass is 9.78. The third-order valence-electron chi connectivity index (χ3n) is 5.56. The molecule has 3 rings (SSSR count). The molecule has 0 N–H and O–H groups in total. The Labute approximate surface area is 213 Å². The van der Waals surface area contributed by atoms with Gasteiger partial charge in [-0.15, -0.1) is 0 Å². The van der Waals surface area contributed by atoms with Crippen LogP contribution in [0.1, 0.15) is 25.3 Å². The Hall–Kier alpha value is -2.03. The van der Waals surface area contributed by atoms with Crippen LogP contribution in [0.25, 0.3) is 0 Å². The lowest BCUT2D eigenvalue weighted by Gasteiger charge is -2.29. The van der Waals surface area contributed by atoms with Crippen LogP contribution in [0.5, 0.6) is 0 Å². The maximum atomic E-state index is 13.7. The molecule has 0 aliphatic carbocycles. The molecule has 0 spiro atoms. The Balaban J connectivity index is 1.99. The average Bonchev–Trinajstić information content (AvgIpc) is 3.13. The van der Waals surface area contributed by atoms with E-state index in [9.17, 15) is 9.59 Å². The molecule has 0 aromatic heterocycles. The van der Waals surface area contributed by atoms with E-state index >= 15 is 0 Å². The minimum Gasteiger partial charge on any atom is -0.330 e. The molecule has 176 valence electrons. The molecule has 1 atom stereocenters. The first-order chi connectivity index (χ1) is 15.7. The molecule has 0 radical (unpaired) electrons. The molecule has 0 fully saturated rings. The number of hydrogen-bond acceptors (Lipinski definition) is 4. The number of rotatable bonds is 6. The number of carbonyl (C=O) groups is 2. The van der Waals surface area contributed by atoms with Gasteiger partial charge in [0, 0.05) is 29.0 Å². The van der Waals surface area contributed by atoms with Crippen LogP contribution in [0.4, 0.5) is 15.3 Å². The van der Waals surface area contributed by atoms with Gasteiger partial charge in [-0.25, -0.2) is 19.5 Å². The molecule has 4 amide bonds. The summed E-state index contributed by atoms with van der Waals surface area (Å²) in [5.41, 5.74) is 1.91. The quantitative estimate of drug-likeness (QED) is 0.381. The third kappa shape index (κ3) is 5.91. The van der Waals surface area contributed by atoms with E-state index < -0.39 is 12.1 Å². The minimum absolute atomic E-state index is 0.341. The zero-order valence-corrected chi connectivity index (χ0v) is 22.4. The van der Waals surface area contributed by atoms with Crippen molar-refractivity contribution < 1.29 is 9.59 Å². The second-order valence-electron chi connectivity index (χ2n) is 8.44. The summed E-state index contributed by atoms with van der Waals surface area (Å²) < 4.78 is 0.863. The molecule has 6 nitrogen and oxygen atoms in total. The molecule has 2 aromatic carbocycles. The van der Waals surface area contributed by atoms with Crippen LogP contribution in [0, 0.1) is 5.41 Å². The number of carbonyl (C=O) groups excluding carboxylic acids is 2. The predicted octanol–water partition coefficient (Wildman–Crippen LogP) is 6.58. The normalized spacial score (nSPS) is 17.6. The van der Waals surface area contributed by atoms with E-state index in [1.807, 2.05) is 24.3 Å². The molecular formula is C24H28BrClN4O2S. The molecule has 1 heterocycles. The van der Waals surface area contributed by atoms with Gasteiger partial charge in [0.1, 0.15) is 0 Å².